The predicted octanol–water partition coefficient (Wildman–Crippen LogP) is 3.08. The van der Waals surface area contributed by atoms with Crippen LogP contribution in [0.4, 0.5) is 11.6 Å². The van der Waals surface area contributed by atoms with Crippen LogP contribution in [0, 0.1) is 6.92 Å². The third-order valence-electron chi connectivity index (χ3n) is 4.16. The molecule has 0 bridgehead atoms. The smallest absolute Gasteiger partial charge is 0.257 e. The molecule has 1 aromatic carbocycles. The van der Waals surface area contributed by atoms with Gasteiger partial charge in [-0.1, -0.05) is 18.2 Å². The maximum Gasteiger partial charge on any atom is 0.257 e. The number of benzene rings is 1. The molecular weight excluding hydrogens is 314 g/mol. The van der Waals surface area contributed by atoms with E-state index in [1.165, 1.54) is 0 Å². The zero-order chi connectivity index (χ0) is 17.2. The van der Waals surface area contributed by atoms with E-state index >= 15 is 0 Å². The first-order valence-corrected chi connectivity index (χ1v) is 8.07. The molecule has 4 rings (SSSR count). The Balaban J connectivity index is 1.46. The number of para-hydroxylation sites is 1. The second-order valence-electron chi connectivity index (χ2n) is 6.04. The number of nitrogens with one attached hydrogen (secondary N) is 1. The van der Waals surface area contributed by atoms with Crippen molar-refractivity contribution in [3.63, 3.8) is 0 Å². The van der Waals surface area contributed by atoms with Crippen LogP contribution in [0.2, 0.25) is 0 Å². The minimum atomic E-state index is -0.0693. The molecule has 0 fully saturated rings. The van der Waals surface area contributed by atoms with Crippen molar-refractivity contribution in [3.8, 4) is 0 Å². The molecule has 0 radical (unpaired) electrons. The maximum atomic E-state index is 12.7. The quantitative estimate of drug-likeness (QED) is 0.798. The van der Waals surface area contributed by atoms with Gasteiger partial charge < -0.3 is 10.2 Å². The van der Waals surface area contributed by atoms with Crippen molar-refractivity contribution in [1.82, 2.24) is 19.9 Å². The predicted molar refractivity (Wildman–Crippen MR) is 94.3 cm³/mol. The second kappa shape index (κ2) is 6.32. The first-order valence-electron chi connectivity index (χ1n) is 8.07. The highest BCUT2D eigenvalue weighted by Crippen LogP contribution is 2.24. The van der Waals surface area contributed by atoms with Gasteiger partial charge in [-0.3, -0.25) is 9.78 Å². The van der Waals surface area contributed by atoms with E-state index in [2.05, 4.69) is 20.3 Å². The number of hydrogen-bond acceptors (Lipinski definition) is 5. The molecule has 0 saturated heterocycles. The molecule has 1 aliphatic rings. The van der Waals surface area contributed by atoms with E-state index in [0.717, 1.165) is 22.5 Å². The van der Waals surface area contributed by atoms with Crippen molar-refractivity contribution in [1.29, 1.82) is 0 Å². The van der Waals surface area contributed by atoms with Gasteiger partial charge in [0.1, 0.15) is 0 Å². The summed E-state index contributed by atoms with van der Waals surface area (Å²) in [5.74, 6) is 0.396. The van der Waals surface area contributed by atoms with Crippen molar-refractivity contribution < 1.29 is 4.79 Å². The van der Waals surface area contributed by atoms with E-state index in [9.17, 15) is 4.79 Å². The van der Waals surface area contributed by atoms with Crippen molar-refractivity contribution in [2.24, 2.45) is 0 Å². The number of pyridine rings is 1. The number of nitrogens with zero attached hydrogens (tertiary/aromatic N) is 4. The van der Waals surface area contributed by atoms with Crippen molar-refractivity contribution >= 4 is 17.5 Å². The highest BCUT2D eigenvalue weighted by atomic mass is 16.2. The lowest BCUT2D eigenvalue weighted by Crippen LogP contribution is -2.25. The molecule has 25 heavy (non-hydrogen) atoms. The molecule has 1 aliphatic heterocycles. The van der Waals surface area contributed by atoms with Crippen LogP contribution in [0.15, 0.2) is 55.0 Å². The summed E-state index contributed by atoms with van der Waals surface area (Å²) in [5, 5.41) is 3.10. The van der Waals surface area contributed by atoms with Crippen LogP contribution >= 0.6 is 0 Å². The van der Waals surface area contributed by atoms with Crippen molar-refractivity contribution in [3.05, 3.63) is 77.4 Å². The molecule has 0 spiro atoms. The molecule has 2 aromatic heterocycles. The Kier molecular flexibility index (Phi) is 3.85. The van der Waals surface area contributed by atoms with Gasteiger partial charge in [0.2, 0.25) is 5.95 Å². The first-order chi connectivity index (χ1) is 12.2. The summed E-state index contributed by atoms with van der Waals surface area (Å²) < 4.78 is 0. The summed E-state index contributed by atoms with van der Waals surface area (Å²) in [6.07, 6.45) is 4.97. The van der Waals surface area contributed by atoms with Gasteiger partial charge in [-0.05, 0) is 36.2 Å². The van der Waals surface area contributed by atoms with E-state index in [0.29, 0.717) is 24.6 Å². The van der Waals surface area contributed by atoms with Crippen LogP contribution in [0.5, 0.6) is 0 Å². The number of carbonyl (C=O) groups excluding carboxylic acids is 1. The number of fused-ring (bicyclic) bond motifs is 1. The summed E-state index contributed by atoms with van der Waals surface area (Å²) in [6, 6.07) is 11.7. The molecule has 3 aromatic rings. The number of anilines is 2. The molecule has 124 valence electrons. The molecular formula is C19H17N5O. The minimum absolute atomic E-state index is 0.0693. The van der Waals surface area contributed by atoms with Crippen LogP contribution in [-0.4, -0.2) is 25.8 Å². The summed E-state index contributed by atoms with van der Waals surface area (Å²) in [5.41, 5.74) is 4.61. The molecule has 1 amide bonds. The van der Waals surface area contributed by atoms with Crippen LogP contribution in [0.1, 0.15) is 27.2 Å². The molecule has 0 unspecified atom stereocenters. The van der Waals surface area contributed by atoms with E-state index in [-0.39, 0.29) is 5.91 Å². The Bertz CT molecular complexity index is 909. The van der Waals surface area contributed by atoms with Crippen molar-refractivity contribution in [2.75, 3.05) is 5.32 Å². The highest BCUT2D eigenvalue weighted by molar-refractivity contribution is 5.94. The standard InChI is InChI=1S/C19H17N5O/c1-13-7-14-11-24(12-16(14)10-20-13)18(25)15-8-21-19(22-9-15)23-17-5-3-2-4-6-17/h2-10H,11-12H2,1H3,(H,21,22,23). The first kappa shape index (κ1) is 15.3. The van der Waals surface area contributed by atoms with E-state index in [1.807, 2.05) is 49.5 Å². The third kappa shape index (κ3) is 3.19. The van der Waals surface area contributed by atoms with Gasteiger partial charge in [-0.25, -0.2) is 9.97 Å². The Morgan fingerprint density at radius 2 is 1.72 bits per heavy atom. The Morgan fingerprint density at radius 1 is 1.00 bits per heavy atom. The summed E-state index contributed by atoms with van der Waals surface area (Å²) in [7, 11) is 0. The van der Waals surface area contributed by atoms with Crippen LogP contribution < -0.4 is 5.32 Å². The molecule has 0 saturated carbocycles. The summed E-state index contributed by atoms with van der Waals surface area (Å²) in [4.78, 5) is 27.3. The minimum Gasteiger partial charge on any atom is -0.330 e. The number of hydrogen-bond donors (Lipinski definition) is 1. The summed E-state index contributed by atoms with van der Waals surface area (Å²) in [6.45, 7) is 3.13. The number of rotatable bonds is 3. The SMILES string of the molecule is Cc1cc2c(cn1)CN(C(=O)c1cnc(Nc3ccccc3)nc1)C2. The lowest BCUT2D eigenvalue weighted by molar-refractivity contribution is 0.0750. The van der Waals surface area contributed by atoms with Crippen LogP contribution in [0.25, 0.3) is 0 Å². The van der Waals surface area contributed by atoms with Gasteiger partial charge in [0, 0.05) is 43.1 Å². The monoisotopic (exact) mass is 331 g/mol. The maximum absolute atomic E-state index is 12.7. The third-order valence-corrected chi connectivity index (χ3v) is 4.16. The van der Waals surface area contributed by atoms with E-state index < -0.39 is 0 Å². The van der Waals surface area contributed by atoms with Gasteiger partial charge in [0.25, 0.3) is 5.91 Å². The second-order valence-corrected chi connectivity index (χ2v) is 6.04. The molecule has 3 heterocycles. The molecule has 6 nitrogen and oxygen atoms in total. The van der Waals surface area contributed by atoms with Gasteiger partial charge >= 0.3 is 0 Å². The topological polar surface area (TPSA) is 71.0 Å². The number of aromatic nitrogens is 3. The van der Waals surface area contributed by atoms with Gasteiger partial charge in [-0.2, -0.15) is 0 Å². The largest absolute Gasteiger partial charge is 0.330 e. The fourth-order valence-electron chi connectivity index (χ4n) is 2.88. The highest BCUT2D eigenvalue weighted by Gasteiger charge is 2.25. The summed E-state index contributed by atoms with van der Waals surface area (Å²) >= 11 is 0. The average molecular weight is 331 g/mol. The van der Waals surface area contributed by atoms with E-state index in [4.69, 9.17) is 0 Å². The van der Waals surface area contributed by atoms with Crippen LogP contribution in [-0.2, 0) is 13.1 Å². The molecule has 0 atom stereocenters. The van der Waals surface area contributed by atoms with Gasteiger partial charge in [0.05, 0.1) is 5.56 Å². The van der Waals surface area contributed by atoms with Crippen molar-refractivity contribution in [2.45, 2.75) is 20.0 Å². The lowest BCUT2D eigenvalue weighted by atomic mass is 10.2. The zero-order valence-corrected chi connectivity index (χ0v) is 13.8. The lowest BCUT2D eigenvalue weighted by Gasteiger charge is -2.15. The van der Waals surface area contributed by atoms with Gasteiger partial charge in [0.15, 0.2) is 0 Å². The van der Waals surface area contributed by atoms with Crippen LogP contribution in [0.3, 0.4) is 0 Å². The zero-order valence-electron chi connectivity index (χ0n) is 13.8. The molecule has 6 heteroatoms. The number of aryl methyl sites for hydroxylation is 1. The molecule has 1 N–H and O–H groups in total. The number of carbonyl (C=O) groups is 1. The fourth-order valence-corrected chi connectivity index (χ4v) is 2.88. The normalized spacial score (nSPS) is 12.8. The van der Waals surface area contributed by atoms with Gasteiger partial charge in [-0.15, -0.1) is 0 Å². The Labute approximate surface area is 145 Å². The van der Waals surface area contributed by atoms with E-state index in [1.54, 1.807) is 17.3 Å². The molecule has 0 aliphatic carbocycles. The average Bonchev–Trinajstić information content (AvgIpc) is 3.06. The fraction of sp³-hybridized carbons (Fsp3) is 0.158. The number of amides is 1. The Morgan fingerprint density at radius 3 is 2.48 bits per heavy atom. The Hall–Kier alpha value is -3.28.